The summed E-state index contributed by atoms with van der Waals surface area (Å²) in [5, 5.41) is 3.06. The molecule has 0 saturated carbocycles. The fourth-order valence-corrected chi connectivity index (χ4v) is 3.22. The lowest BCUT2D eigenvalue weighted by Crippen LogP contribution is -2.36. The van der Waals surface area contributed by atoms with Gasteiger partial charge in [-0.1, -0.05) is 74.0 Å². The zero-order chi connectivity index (χ0) is 18.2. The third-order valence-corrected chi connectivity index (χ3v) is 5.80. The van der Waals surface area contributed by atoms with Gasteiger partial charge in [-0.05, 0) is 30.0 Å². The van der Waals surface area contributed by atoms with Crippen molar-refractivity contribution in [3.8, 4) is 0 Å². The molecule has 0 bridgehead atoms. The topological polar surface area (TPSA) is 29.1 Å². The van der Waals surface area contributed by atoms with Crippen LogP contribution in [0.25, 0.3) is 0 Å². The third-order valence-electron chi connectivity index (χ3n) is 5.41. The maximum atomic E-state index is 12.3. The second-order valence-electron chi connectivity index (χ2n) is 8.79. The fourth-order valence-electron chi connectivity index (χ4n) is 2.95. The van der Waals surface area contributed by atoms with Crippen LogP contribution in [-0.4, -0.2) is 18.6 Å². The van der Waals surface area contributed by atoms with Crippen LogP contribution in [0.2, 0.25) is 12.1 Å². The molecule has 136 valence electrons. The standard InChI is InChI=1S/C19H40BNOS/c1-9-19(7,8)11-16(6)20-12-17(23)21-18(22)15(5)10-14(4)13(2)3/h13-17,20,23H,9-12H2,1-8H3,(H,21,22). The molecule has 0 rings (SSSR count). The molecule has 1 amide bonds. The van der Waals surface area contributed by atoms with Gasteiger partial charge in [0.15, 0.2) is 0 Å². The largest absolute Gasteiger partial charge is 0.345 e. The van der Waals surface area contributed by atoms with Crippen LogP contribution in [0.15, 0.2) is 0 Å². The third kappa shape index (κ3) is 10.4. The minimum atomic E-state index is -0.0218. The quantitative estimate of drug-likeness (QED) is 0.303. The van der Waals surface area contributed by atoms with E-state index in [0.717, 1.165) is 20.0 Å². The molecule has 1 N–H and O–H groups in total. The van der Waals surface area contributed by atoms with Crippen molar-refractivity contribution in [3.63, 3.8) is 0 Å². The number of carbonyl (C=O) groups excluding carboxylic acids is 1. The normalized spacial score (nSPS) is 17.5. The Morgan fingerprint density at radius 3 is 2.22 bits per heavy atom. The van der Waals surface area contributed by atoms with Crippen molar-refractivity contribution in [2.45, 2.75) is 92.2 Å². The van der Waals surface area contributed by atoms with Gasteiger partial charge in [0.1, 0.15) is 7.28 Å². The molecule has 0 spiro atoms. The summed E-state index contributed by atoms with van der Waals surface area (Å²) in [6.45, 7) is 17.9. The Kier molecular flexibility index (Phi) is 10.6. The molecular weight excluding hydrogens is 301 g/mol. The van der Waals surface area contributed by atoms with Crippen molar-refractivity contribution in [3.05, 3.63) is 0 Å². The summed E-state index contributed by atoms with van der Waals surface area (Å²) >= 11 is 4.57. The summed E-state index contributed by atoms with van der Waals surface area (Å²) in [6, 6.07) is 0. The summed E-state index contributed by atoms with van der Waals surface area (Å²) in [6.07, 6.45) is 4.34. The molecule has 4 heteroatoms. The zero-order valence-electron chi connectivity index (χ0n) is 16.8. The average Bonchev–Trinajstić information content (AvgIpc) is 2.44. The Morgan fingerprint density at radius 2 is 1.74 bits per heavy atom. The first-order valence-electron chi connectivity index (χ1n) is 9.47. The molecule has 2 nitrogen and oxygen atoms in total. The van der Waals surface area contributed by atoms with Gasteiger partial charge in [0.2, 0.25) is 5.91 Å². The number of rotatable bonds is 11. The molecule has 4 atom stereocenters. The Balaban J connectivity index is 4.14. The maximum absolute atomic E-state index is 12.3. The van der Waals surface area contributed by atoms with Gasteiger partial charge in [-0.25, -0.2) is 0 Å². The van der Waals surface area contributed by atoms with Crippen molar-refractivity contribution < 1.29 is 4.79 Å². The first kappa shape index (κ1) is 22.9. The minimum Gasteiger partial charge on any atom is -0.345 e. The van der Waals surface area contributed by atoms with Crippen LogP contribution < -0.4 is 5.32 Å². The van der Waals surface area contributed by atoms with E-state index in [2.05, 4.69) is 66.4 Å². The minimum absolute atomic E-state index is 0.0218. The predicted octanol–water partition coefficient (Wildman–Crippen LogP) is 5.17. The Hall–Kier alpha value is -0.115. The number of hydrogen-bond acceptors (Lipinski definition) is 2. The molecule has 0 aliphatic heterocycles. The highest BCUT2D eigenvalue weighted by Crippen LogP contribution is 2.31. The number of hydrogen-bond donors (Lipinski definition) is 2. The second kappa shape index (κ2) is 10.7. The SMILES string of the molecule is CCC(C)(C)CC(C)BCC(S)NC(=O)C(C)CC(C)C(C)C. The van der Waals surface area contributed by atoms with E-state index in [4.69, 9.17) is 0 Å². The number of nitrogens with one attached hydrogen (secondary N) is 1. The van der Waals surface area contributed by atoms with Crippen molar-refractivity contribution in [1.82, 2.24) is 5.32 Å². The maximum Gasteiger partial charge on any atom is 0.223 e. The van der Waals surface area contributed by atoms with E-state index < -0.39 is 0 Å². The first-order chi connectivity index (χ1) is 10.5. The van der Waals surface area contributed by atoms with Crippen molar-refractivity contribution >= 4 is 25.8 Å². The molecule has 0 radical (unpaired) electrons. The number of thiol groups is 1. The van der Waals surface area contributed by atoms with Gasteiger partial charge in [0.05, 0.1) is 5.37 Å². The molecule has 0 heterocycles. The molecule has 0 aromatic rings. The van der Waals surface area contributed by atoms with Crippen LogP contribution in [0.4, 0.5) is 0 Å². The van der Waals surface area contributed by atoms with E-state index in [9.17, 15) is 4.79 Å². The van der Waals surface area contributed by atoms with Gasteiger partial charge >= 0.3 is 0 Å². The molecule has 0 aliphatic rings. The highest BCUT2D eigenvalue weighted by Gasteiger charge is 2.22. The van der Waals surface area contributed by atoms with Crippen LogP contribution in [0.3, 0.4) is 0 Å². The predicted molar refractivity (Wildman–Crippen MR) is 109 cm³/mol. The number of amides is 1. The molecule has 0 aromatic carbocycles. The van der Waals surface area contributed by atoms with Crippen LogP contribution in [0, 0.1) is 23.2 Å². The van der Waals surface area contributed by atoms with E-state index >= 15 is 0 Å². The van der Waals surface area contributed by atoms with E-state index in [1.807, 2.05) is 6.92 Å². The highest BCUT2D eigenvalue weighted by molar-refractivity contribution is 7.81. The fraction of sp³-hybridized carbons (Fsp3) is 0.947. The van der Waals surface area contributed by atoms with Gasteiger partial charge in [-0.15, -0.1) is 0 Å². The van der Waals surface area contributed by atoms with Crippen LogP contribution in [0.5, 0.6) is 0 Å². The van der Waals surface area contributed by atoms with Crippen molar-refractivity contribution in [2.75, 3.05) is 0 Å². The van der Waals surface area contributed by atoms with E-state index in [-0.39, 0.29) is 17.2 Å². The van der Waals surface area contributed by atoms with Gasteiger partial charge in [-0.2, -0.15) is 12.6 Å². The summed E-state index contributed by atoms with van der Waals surface area (Å²) in [5.74, 6) is 2.10. The summed E-state index contributed by atoms with van der Waals surface area (Å²) in [7, 11) is 1.12. The van der Waals surface area contributed by atoms with Crippen LogP contribution in [-0.2, 0) is 4.79 Å². The van der Waals surface area contributed by atoms with Gasteiger partial charge in [0, 0.05) is 5.92 Å². The Bertz CT molecular complexity index is 346. The average molecular weight is 341 g/mol. The summed E-state index contributed by atoms with van der Waals surface area (Å²) in [4.78, 5) is 12.3. The smallest absolute Gasteiger partial charge is 0.223 e. The van der Waals surface area contributed by atoms with E-state index in [0.29, 0.717) is 23.1 Å². The Morgan fingerprint density at radius 1 is 1.17 bits per heavy atom. The molecule has 0 saturated heterocycles. The lowest BCUT2D eigenvalue weighted by atomic mass is 9.58. The lowest BCUT2D eigenvalue weighted by Gasteiger charge is -2.27. The van der Waals surface area contributed by atoms with Gasteiger partial charge in [-0.3, -0.25) is 4.79 Å². The summed E-state index contributed by atoms with van der Waals surface area (Å²) < 4.78 is 0. The number of carbonyl (C=O) groups is 1. The molecule has 23 heavy (non-hydrogen) atoms. The molecule has 0 fully saturated rings. The molecule has 0 aromatic heterocycles. The van der Waals surface area contributed by atoms with Gasteiger partial charge < -0.3 is 5.32 Å². The van der Waals surface area contributed by atoms with E-state index in [1.54, 1.807) is 0 Å². The molecule has 4 unspecified atom stereocenters. The molecule has 0 aliphatic carbocycles. The van der Waals surface area contributed by atoms with Crippen molar-refractivity contribution in [1.29, 1.82) is 0 Å². The highest BCUT2D eigenvalue weighted by atomic mass is 32.1. The summed E-state index contributed by atoms with van der Waals surface area (Å²) in [5.41, 5.74) is 0.413. The van der Waals surface area contributed by atoms with Crippen molar-refractivity contribution in [2.24, 2.45) is 23.2 Å². The Labute approximate surface area is 151 Å². The first-order valence-corrected chi connectivity index (χ1v) is 9.98. The van der Waals surface area contributed by atoms with Crippen LogP contribution >= 0.6 is 12.6 Å². The zero-order valence-corrected chi connectivity index (χ0v) is 17.7. The van der Waals surface area contributed by atoms with E-state index in [1.165, 1.54) is 12.8 Å². The van der Waals surface area contributed by atoms with Crippen LogP contribution in [0.1, 0.15) is 74.7 Å². The van der Waals surface area contributed by atoms with Gasteiger partial charge in [0.25, 0.3) is 0 Å². The second-order valence-corrected chi connectivity index (χ2v) is 9.41. The lowest BCUT2D eigenvalue weighted by molar-refractivity contribution is -0.125. The molecular formula is C19H40BNOS. The monoisotopic (exact) mass is 341 g/mol.